The number of nitrogens with zero attached hydrogens (tertiary/aromatic N) is 1. The Morgan fingerprint density at radius 2 is 1.62 bits per heavy atom. The lowest BCUT2D eigenvalue weighted by Crippen LogP contribution is -2.38. The maximum atomic E-state index is 13.3. The smallest absolute Gasteiger partial charge is 0.232 e. The van der Waals surface area contributed by atoms with E-state index in [-0.39, 0.29) is 11.8 Å². The Labute approximate surface area is 172 Å². The summed E-state index contributed by atoms with van der Waals surface area (Å²) in [6.45, 7) is 7.64. The first-order valence-electron chi connectivity index (χ1n) is 10.6. The topological polar surface area (TPSA) is 41.6 Å². The Hall–Kier alpha value is -2.59. The SMILES string of the molecule is CC(C)=CCCN1C[C@@H]2[C@H](C1)[C@H]2NC(=O)C1c2ccccc2Oc2ccccc21. The van der Waals surface area contributed by atoms with Gasteiger partial charge in [-0.05, 0) is 44.2 Å². The van der Waals surface area contributed by atoms with Gasteiger partial charge < -0.3 is 15.0 Å². The normalized spacial score (nSPS) is 24.7. The van der Waals surface area contributed by atoms with Gasteiger partial charge >= 0.3 is 0 Å². The molecule has 5 rings (SSSR count). The van der Waals surface area contributed by atoms with E-state index in [0.717, 1.165) is 48.7 Å². The largest absolute Gasteiger partial charge is 0.457 e. The van der Waals surface area contributed by atoms with Crippen molar-refractivity contribution in [2.75, 3.05) is 19.6 Å². The number of hydrogen-bond acceptors (Lipinski definition) is 3. The number of ether oxygens (including phenoxy) is 1. The van der Waals surface area contributed by atoms with E-state index in [2.05, 4.69) is 30.1 Å². The van der Waals surface area contributed by atoms with Crippen molar-refractivity contribution in [2.45, 2.75) is 32.2 Å². The molecule has 1 amide bonds. The Kier molecular flexibility index (Phi) is 4.67. The number of allylic oxidation sites excluding steroid dienone is 1. The van der Waals surface area contributed by atoms with E-state index < -0.39 is 0 Å². The summed E-state index contributed by atoms with van der Waals surface area (Å²) in [4.78, 5) is 15.9. The highest BCUT2D eigenvalue weighted by Crippen LogP contribution is 2.48. The predicted molar refractivity (Wildman–Crippen MR) is 114 cm³/mol. The average molecular weight is 389 g/mol. The zero-order valence-corrected chi connectivity index (χ0v) is 17.1. The first kappa shape index (κ1) is 18.4. The Balaban J connectivity index is 1.26. The minimum atomic E-state index is -0.300. The van der Waals surface area contributed by atoms with Gasteiger partial charge in [-0.15, -0.1) is 0 Å². The minimum absolute atomic E-state index is 0.101. The molecule has 3 atom stereocenters. The fourth-order valence-electron chi connectivity index (χ4n) is 4.99. The number of carbonyl (C=O) groups excluding carboxylic acids is 1. The van der Waals surface area contributed by atoms with Crippen LogP contribution in [-0.4, -0.2) is 36.5 Å². The van der Waals surface area contributed by atoms with Crippen LogP contribution in [0.15, 0.2) is 60.2 Å². The van der Waals surface area contributed by atoms with Gasteiger partial charge in [-0.3, -0.25) is 4.79 Å². The van der Waals surface area contributed by atoms with Gasteiger partial charge in [0.05, 0.1) is 5.92 Å². The fraction of sp³-hybridized carbons (Fsp3) is 0.400. The molecule has 0 bridgehead atoms. The lowest BCUT2D eigenvalue weighted by atomic mass is 9.87. The first-order chi connectivity index (χ1) is 14.1. The second-order valence-corrected chi connectivity index (χ2v) is 8.80. The van der Waals surface area contributed by atoms with Crippen molar-refractivity contribution in [3.8, 4) is 11.5 Å². The number of para-hydroxylation sites is 2. The molecule has 1 aliphatic carbocycles. The van der Waals surface area contributed by atoms with Crippen molar-refractivity contribution < 1.29 is 9.53 Å². The van der Waals surface area contributed by atoms with Gasteiger partial charge in [-0.25, -0.2) is 0 Å². The van der Waals surface area contributed by atoms with Crippen molar-refractivity contribution in [1.82, 2.24) is 10.2 Å². The third kappa shape index (κ3) is 3.46. The lowest BCUT2D eigenvalue weighted by Gasteiger charge is -2.28. The molecule has 29 heavy (non-hydrogen) atoms. The molecule has 3 aliphatic rings. The van der Waals surface area contributed by atoms with Crippen LogP contribution in [0.25, 0.3) is 0 Å². The molecule has 1 saturated heterocycles. The summed E-state index contributed by atoms with van der Waals surface area (Å²) in [7, 11) is 0. The van der Waals surface area contributed by atoms with Crippen LogP contribution in [0.5, 0.6) is 11.5 Å². The van der Waals surface area contributed by atoms with E-state index in [4.69, 9.17) is 4.74 Å². The van der Waals surface area contributed by atoms with E-state index in [1.54, 1.807) is 0 Å². The molecule has 2 fully saturated rings. The third-order valence-corrected chi connectivity index (χ3v) is 6.52. The number of likely N-dealkylation sites (tertiary alicyclic amines) is 1. The summed E-state index contributed by atoms with van der Waals surface area (Å²) in [6, 6.07) is 16.1. The highest BCUT2D eigenvalue weighted by molar-refractivity contribution is 5.90. The molecule has 4 nitrogen and oxygen atoms in total. The van der Waals surface area contributed by atoms with E-state index in [1.807, 2.05) is 48.5 Å². The standard InChI is InChI=1S/C25H28N2O2/c1-16(2)8-7-13-27-14-19-20(15-27)24(19)26-25(28)23-17-9-3-5-11-21(17)29-22-12-6-4-10-18(22)23/h3-6,8-12,19-20,23-24H,7,13-15H2,1-2H3,(H,26,28)/t19-,20+,24+. The number of hydrogen-bond donors (Lipinski definition) is 1. The number of rotatable bonds is 5. The van der Waals surface area contributed by atoms with Crippen LogP contribution in [0.3, 0.4) is 0 Å². The zero-order valence-electron chi connectivity index (χ0n) is 17.1. The first-order valence-corrected chi connectivity index (χ1v) is 10.6. The highest BCUT2D eigenvalue weighted by Gasteiger charge is 2.56. The molecule has 1 saturated carbocycles. The number of amides is 1. The molecule has 0 radical (unpaired) electrons. The minimum Gasteiger partial charge on any atom is -0.457 e. The molecule has 0 aromatic heterocycles. The van der Waals surface area contributed by atoms with Crippen molar-refractivity contribution in [3.05, 3.63) is 71.3 Å². The summed E-state index contributed by atoms with van der Waals surface area (Å²) in [5.74, 6) is 2.59. The fourth-order valence-corrected chi connectivity index (χ4v) is 4.99. The lowest BCUT2D eigenvalue weighted by molar-refractivity contribution is -0.122. The number of nitrogens with one attached hydrogen (secondary N) is 1. The quantitative estimate of drug-likeness (QED) is 0.776. The zero-order chi connectivity index (χ0) is 20.0. The molecule has 2 heterocycles. The Morgan fingerprint density at radius 1 is 1.03 bits per heavy atom. The molecule has 150 valence electrons. The number of fused-ring (bicyclic) bond motifs is 3. The molecule has 4 heteroatoms. The van der Waals surface area contributed by atoms with Crippen LogP contribution in [0, 0.1) is 11.8 Å². The number of piperidine rings is 1. The predicted octanol–water partition coefficient (Wildman–Crippen LogP) is 4.33. The average Bonchev–Trinajstić information content (AvgIpc) is 3.15. The molecular weight excluding hydrogens is 360 g/mol. The Morgan fingerprint density at radius 3 is 2.21 bits per heavy atom. The van der Waals surface area contributed by atoms with Gasteiger partial charge in [0.2, 0.25) is 5.91 Å². The van der Waals surface area contributed by atoms with Crippen molar-refractivity contribution in [2.24, 2.45) is 11.8 Å². The van der Waals surface area contributed by atoms with Gasteiger partial charge in [-0.2, -0.15) is 0 Å². The van der Waals surface area contributed by atoms with Crippen LogP contribution in [0.2, 0.25) is 0 Å². The number of benzene rings is 2. The molecule has 2 aromatic carbocycles. The van der Waals surface area contributed by atoms with E-state index in [9.17, 15) is 4.79 Å². The van der Waals surface area contributed by atoms with E-state index in [0.29, 0.717) is 17.9 Å². The monoisotopic (exact) mass is 388 g/mol. The van der Waals surface area contributed by atoms with Gasteiger partial charge in [-0.1, -0.05) is 48.0 Å². The molecule has 2 aromatic rings. The third-order valence-electron chi connectivity index (χ3n) is 6.52. The van der Waals surface area contributed by atoms with Gasteiger partial charge in [0.25, 0.3) is 0 Å². The van der Waals surface area contributed by atoms with Gasteiger partial charge in [0.1, 0.15) is 11.5 Å². The van der Waals surface area contributed by atoms with Crippen LogP contribution in [0.4, 0.5) is 0 Å². The summed E-state index contributed by atoms with van der Waals surface area (Å²) in [5.41, 5.74) is 3.30. The van der Waals surface area contributed by atoms with Gasteiger partial charge in [0.15, 0.2) is 0 Å². The second kappa shape index (κ2) is 7.34. The summed E-state index contributed by atoms with van der Waals surface area (Å²) < 4.78 is 6.03. The number of carbonyl (C=O) groups is 1. The summed E-state index contributed by atoms with van der Waals surface area (Å²) in [5, 5.41) is 3.37. The van der Waals surface area contributed by atoms with Crippen LogP contribution >= 0.6 is 0 Å². The van der Waals surface area contributed by atoms with E-state index in [1.165, 1.54) is 5.57 Å². The van der Waals surface area contributed by atoms with Crippen LogP contribution < -0.4 is 10.1 Å². The van der Waals surface area contributed by atoms with Crippen LogP contribution in [-0.2, 0) is 4.79 Å². The van der Waals surface area contributed by atoms with Crippen molar-refractivity contribution in [3.63, 3.8) is 0 Å². The summed E-state index contributed by atoms with van der Waals surface area (Å²) >= 11 is 0. The highest BCUT2D eigenvalue weighted by atomic mass is 16.5. The maximum Gasteiger partial charge on any atom is 0.232 e. The van der Waals surface area contributed by atoms with Crippen molar-refractivity contribution >= 4 is 5.91 Å². The summed E-state index contributed by atoms with van der Waals surface area (Å²) in [6.07, 6.45) is 3.43. The van der Waals surface area contributed by atoms with Crippen LogP contribution in [0.1, 0.15) is 37.3 Å². The Bertz CT molecular complexity index is 905. The molecular formula is C25H28N2O2. The maximum absolute atomic E-state index is 13.3. The van der Waals surface area contributed by atoms with Gasteiger partial charge in [0, 0.05) is 36.8 Å². The van der Waals surface area contributed by atoms with E-state index >= 15 is 0 Å². The molecule has 1 N–H and O–H groups in total. The molecule has 0 unspecified atom stereocenters. The second-order valence-electron chi connectivity index (χ2n) is 8.80. The molecule has 0 spiro atoms. The molecule has 2 aliphatic heterocycles. The van der Waals surface area contributed by atoms with Crippen molar-refractivity contribution in [1.29, 1.82) is 0 Å².